The van der Waals surface area contributed by atoms with Crippen LogP contribution in [0.25, 0.3) is 10.6 Å². The van der Waals surface area contributed by atoms with Crippen molar-refractivity contribution in [2.45, 2.75) is 12.5 Å². The van der Waals surface area contributed by atoms with Crippen LogP contribution in [0.5, 0.6) is 0 Å². The van der Waals surface area contributed by atoms with E-state index in [9.17, 15) is 4.79 Å². The van der Waals surface area contributed by atoms with Gasteiger partial charge in [-0.1, -0.05) is 30.3 Å². The Morgan fingerprint density at radius 2 is 2.14 bits per heavy atom. The van der Waals surface area contributed by atoms with Gasteiger partial charge in [0.2, 0.25) is 5.91 Å². The normalized spacial score (nSPS) is 11.5. The maximum absolute atomic E-state index is 11.6. The van der Waals surface area contributed by atoms with Crippen molar-refractivity contribution in [1.82, 2.24) is 10.3 Å². The van der Waals surface area contributed by atoms with Crippen LogP contribution < -0.4 is 11.1 Å². The van der Waals surface area contributed by atoms with E-state index in [1.165, 1.54) is 7.11 Å². The summed E-state index contributed by atoms with van der Waals surface area (Å²) in [5, 5.41) is 5.80. The number of rotatable bonds is 7. The largest absolute Gasteiger partial charge is 0.383 e. The number of nitrogens with zero attached hydrogens (tertiary/aromatic N) is 1. The summed E-state index contributed by atoms with van der Waals surface area (Å²) in [7, 11) is 1.52. The lowest BCUT2D eigenvalue weighted by molar-refractivity contribution is -0.123. The smallest absolute Gasteiger partial charge is 0.239 e. The second kappa shape index (κ2) is 9.53. The predicted molar refractivity (Wildman–Crippen MR) is 91.4 cm³/mol. The summed E-state index contributed by atoms with van der Waals surface area (Å²) in [6.07, 6.45) is 0.689. The molecule has 0 radical (unpaired) electrons. The minimum atomic E-state index is -0.620. The van der Waals surface area contributed by atoms with Gasteiger partial charge < -0.3 is 15.8 Å². The lowest BCUT2D eigenvalue weighted by Gasteiger charge is -2.10. The first-order valence-corrected chi connectivity index (χ1v) is 7.60. The molecule has 0 aliphatic rings. The summed E-state index contributed by atoms with van der Waals surface area (Å²) in [5.41, 5.74) is 7.72. The van der Waals surface area contributed by atoms with Gasteiger partial charge in [0.05, 0.1) is 12.3 Å². The second-order valence-electron chi connectivity index (χ2n) is 4.61. The summed E-state index contributed by atoms with van der Waals surface area (Å²) >= 11 is 1.61. The van der Waals surface area contributed by atoms with E-state index in [1.54, 1.807) is 11.3 Å². The molecule has 22 heavy (non-hydrogen) atoms. The van der Waals surface area contributed by atoms with E-state index >= 15 is 0 Å². The van der Waals surface area contributed by atoms with Crippen LogP contribution in [0, 0.1) is 0 Å². The number of aromatic nitrogens is 1. The van der Waals surface area contributed by atoms with Crippen molar-refractivity contribution < 1.29 is 9.53 Å². The number of carbonyl (C=O) groups is 1. The SMILES string of the molecule is COCC(N)C(=O)NCCc1csc(-c2ccccc2)n1.Cl. The molecule has 1 atom stereocenters. The van der Waals surface area contributed by atoms with Crippen LogP contribution in [0.15, 0.2) is 35.7 Å². The first-order valence-electron chi connectivity index (χ1n) is 6.72. The number of ether oxygens (including phenoxy) is 1. The Morgan fingerprint density at radius 1 is 1.41 bits per heavy atom. The summed E-state index contributed by atoms with van der Waals surface area (Å²) in [6, 6.07) is 9.42. The van der Waals surface area contributed by atoms with E-state index in [1.807, 2.05) is 35.7 Å². The molecule has 2 rings (SSSR count). The maximum atomic E-state index is 11.6. The van der Waals surface area contributed by atoms with E-state index < -0.39 is 6.04 Å². The third-order valence-corrected chi connectivity index (χ3v) is 3.88. The minimum Gasteiger partial charge on any atom is -0.383 e. The second-order valence-corrected chi connectivity index (χ2v) is 5.47. The minimum absolute atomic E-state index is 0. The Balaban J connectivity index is 0.00000242. The summed E-state index contributed by atoms with van der Waals surface area (Å²) in [4.78, 5) is 16.2. The number of hydrogen-bond acceptors (Lipinski definition) is 5. The van der Waals surface area contributed by atoms with Crippen LogP contribution in [-0.4, -0.2) is 37.2 Å². The average molecular weight is 342 g/mol. The molecule has 0 aliphatic heterocycles. The molecule has 1 aromatic carbocycles. The van der Waals surface area contributed by atoms with Gasteiger partial charge >= 0.3 is 0 Å². The lowest BCUT2D eigenvalue weighted by atomic mass is 10.2. The standard InChI is InChI=1S/C15H19N3O2S.ClH/c1-20-9-13(16)14(19)17-8-7-12-10-21-15(18-12)11-5-3-2-4-6-11;/h2-6,10,13H,7-9,16H2,1H3,(H,17,19);1H. The van der Waals surface area contributed by atoms with Gasteiger partial charge in [0.25, 0.3) is 0 Å². The molecule has 1 aromatic heterocycles. The van der Waals surface area contributed by atoms with E-state index in [2.05, 4.69) is 10.3 Å². The molecular weight excluding hydrogens is 322 g/mol. The number of carbonyl (C=O) groups excluding carboxylic acids is 1. The van der Waals surface area contributed by atoms with Crippen LogP contribution in [-0.2, 0) is 16.0 Å². The predicted octanol–water partition coefficient (Wildman–Crippen LogP) is 1.86. The fraction of sp³-hybridized carbons (Fsp3) is 0.333. The van der Waals surface area contributed by atoms with Crippen LogP contribution in [0.2, 0.25) is 0 Å². The number of hydrogen-bond donors (Lipinski definition) is 2. The van der Waals surface area contributed by atoms with Crippen molar-refractivity contribution in [3.8, 4) is 10.6 Å². The van der Waals surface area contributed by atoms with Gasteiger partial charge in [0.15, 0.2) is 0 Å². The third kappa shape index (κ3) is 5.38. The van der Waals surface area contributed by atoms with Crippen molar-refractivity contribution >= 4 is 29.7 Å². The molecule has 2 aromatic rings. The number of nitrogens with two attached hydrogens (primary N) is 1. The molecule has 0 saturated heterocycles. The maximum Gasteiger partial charge on any atom is 0.239 e. The van der Waals surface area contributed by atoms with E-state index in [4.69, 9.17) is 10.5 Å². The first kappa shape index (κ1) is 18.6. The Kier molecular flexibility index (Phi) is 8.05. The zero-order chi connectivity index (χ0) is 15.1. The fourth-order valence-electron chi connectivity index (χ4n) is 1.84. The molecule has 120 valence electrons. The van der Waals surface area contributed by atoms with Crippen molar-refractivity contribution in [2.24, 2.45) is 5.73 Å². The molecule has 0 bridgehead atoms. The van der Waals surface area contributed by atoms with Crippen LogP contribution in [0.4, 0.5) is 0 Å². The number of methoxy groups -OCH3 is 1. The molecule has 1 heterocycles. The van der Waals surface area contributed by atoms with Crippen molar-refractivity contribution in [2.75, 3.05) is 20.3 Å². The van der Waals surface area contributed by atoms with Crippen molar-refractivity contribution in [3.63, 3.8) is 0 Å². The molecule has 1 unspecified atom stereocenters. The van der Waals surface area contributed by atoms with Gasteiger partial charge in [-0.15, -0.1) is 23.7 Å². The molecule has 3 N–H and O–H groups in total. The molecule has 5 nitrogen and oxygen atoms in total. The van der Waals surface area contributed by atoms with Gasteiger partial charge in [-0.3, -0.25) is 4.79 Å². The summed E-state index contributed by atoms with van der Waals surface area (Å²) in [5.74, 6) is -0.199. The zero-order valence-electron chi connectivity index (χ0n) is 12.3. The molecule has 0 saturated carbocycles. The molecule has 0 fully saturated rings. The number of amides is 1. The highest BCUT2D eigenvalue weighted by molar-refractivity contribution is 7.13. The average Bonchev–Trinajstić information content (AvgIpc) is 2.97. The number of halogens is 1. The number of thiazole rings is 1. The number of nitrogens with one attached hydrogen (secondary N) is 1. The highest BCUT2D eigenvalue weighted by Gasteiger charge is 2.12. The Bertz CT molecular complexity index is 577. The third-order valence-electron chi connectivity index (χ3n) is 2.94. The monoisotopic (exact) mass is 341 g/mol. The number of benzene rings is 1. The fourth-order valence-corrected chi connectivity index (χ4v) is 2.70. The van der Waals surface area contributed by atoms with Crippen molar-refractivity contribution in [1.29, 1.82) is 0 Å². The van der Waals surface area contributed by atoms with Gasteiger partial charge in [0, 0.05) is 31.0 Å². The van der Waals surface area contributed by atoms with Crippen LogP contribution in [0.1, 0.15) is 5.69 Å². The van der Waals surface area contributed by atoms with Gasteiger partial charge in [-0.2, -0.15) is 0 Å². The van der Waals surface area contributed by atoms with Crippen LogP contribution in [0.3, 0.4) is 0 Å². The van der Waals surface area contributed by atoms with E-state index in [-0.39, 0.29) is 24.9 Å². The van der Waals surface area contributed by atoms with Crippen molar-refractivity contribution in [3.05, 3.63) is 41.4 Å². The summed E-state index contributed by atoms with van der Waals surface area (Å²) in [6.45, 7) is 0.745. The van der Waals surface area contributed by atoms with Crippen LogP contribution >= 0.6 is 23.7 Å². The first-order chi connectivity index (χ1) is 10.2. The Hall–Kier alpha value is -1.47. The molecular formula is C15H20ClN3O2S. The summed E-state index contributed by atoms with van der Waals surface area (Å²) < 4.78 is 4.85. The lowest BCUT2D eigenvalue weighted by Crippen LogP contribution is -2.44. The van der Waals surface area contributed by atoms with Gasteiger partial charge in [0.1, 0.15) is 11.0 Å². The van der Waals surface area contributed by atoms with E-state index in [0.29, 0.717) is 13.0 Å². The highest BCUT2D eigenvalue weighted by atomic mass is 35.5. The quantitative estimate of drug-likeness (QED) is 0.806. The van der Waals surface area contributed by atoms with Gasteiger partial charge in [-0.05, 0) is 0 Å². The van der Waals surface area contributed by atoms with E-state index in [0.717, 1.165) is 16.3 Å². The van der Waals surface area contributed by atoms with Gasteiger partial charge in [-0.25, -0.2) is 4.98 Å². The highest BCUT2D eigenvalue weighted by Crippen LogP contribution is 2.23. The molecule has 0 spiro atoms. The molecule has 1 amide bonds. The Labute approximate surface area is 140 Å². The molecule has 7 heteroatoms. The topological polar surface area (TPSA) is 77.2 Å². The zero-order valence-corrected chi connectivity index (χ0v) is 14.0. The Morgan fingerprint density at radius 3 is 2.82 bits per heavy atom. The molecule has 0 aliphatic carbocycles.